The number of benzene rings is 1. The summed E-state index contributed by atoms with van der Waals surface area (Å²) in [4.78, 5) is 18.1. The van der Waals surface area contributed by atoms with Crippen molar-refractivity contribution in [2.45, 2.75) is 45.2 Å². The van der Waals surface area contributed by atoms with E-state index in [0.717, 1.165) is 41.6 Å². The SMILES string of the molecule is CCn1ncc2c(C(=O)NC3CCCCC3CN)cc(-c3ccccc3)nc21. The van der Waals surface area contributed by atoms with Crippen molar-refractivity contribution in [3.05, 3.63) is 48.2 Å². The van der Waals surface area contributed by atoms with E-state index in [2.05, 4.69) is 10.4 Å². The van der Waals surface area contributed by atoms with Crippen molar-refractivity contribution >= 4 is 16.9 Å². The molecule has 3 N–H and O–H groups in total. The number of nitrogens with zero attached hydrogens (tertiary/aromatic N) is 3. The molecule has 1 aliphatic carbocycles. The molecule has 0 radical (unpaired) electrons. The van der Waals surface area contributed by atoms with Gasteiger partial charge in [-0.15, -0.1) is 0 Å². The molecular formula is C22H27N5O. The van der Waals surface area contributed by atoms with E-state index in [1.54, 1.807) is 6.20 Å². The molecule has 2 aromatic heterocycles. The van der Waals surface area contributed by atoms with E-state index < -0.39 is 0 Å². The minimum atomic E-state index is -0.0643. The van der Waals surface area contributed by atoms with Gasteiger partial charge < -0.3 is 11.1 Å². The summed E-state index contributed by atoms with van der Waals surface area (Å²) in [6, 6.07) is 12.0. The van der Waals surface area contributed by atoms with E-state index in [9.17, 15) is 4.79 Å². The fourth-order valence-corrected chi connectivity index (χ4v) is 4.15. The van der Waals surface area contributed by atoms with Gasteiger partial charge in [0.05, 0.1) is 22.8 Å². The van der Waals surface area contributed by atoms with Gasteiger partial charge in [0.2, 0.25) is 0 Å². The number of aromatic nitrogens is 3. The number of nitrogens with two attached hydrogens (primary N) is 1. The van der Waals surface area contributed by atoms with Gasteiger partial charge in [-0.1, -0.05) is 43.2 Å². The largest absolute Gasteiger partial charge is 0.349 e. The first-order valence-corrected chi connectivity index (χ1v) is 10.1. The lowest BCUT2D eigenvalue weighted by atomic mass is 9.84. The maximum Gasteiger partial charge on any atom is 0.252 e. The van der Waals surface area contributed by atoms with Crippen LogP contribution in [0.2, 0.25) is 0 Å². The van der Waals surface area contributed by atoms with E-state index in [0.29, 0.717) is 24.6 Å². The summed E-state index contributed by atoms with van der Waals surface area (Å²) in [5.41, 5.74) is 9.09. The van der Waals surface area contributed by atoms with Gasteiger partial charge >= 0.3 is 0 Å². The second-order valence-electron chi connectivity index (χ2n) is 7.48. The van der Waals surface area contributed by atoms with Crippen LogP contribution in [0.4, 0.5) is 0 Å². The maximum absolute atomic E-state index is 13.3. The number of amides is 1. The highest BCUT2D eigenvalue weighted by atomic mass is 16.1. The summed E-state index contributed by atoms with van der Waals surface area (Å²) in [5.74, 6) is 0.285. The normalized spacial score (nSPS) is 19.6. The summed E-state index contributed by atoms with van der Waals surface area (Å²) in [5, 5.41) is 8.47. The first-order valence-electron chi connectivity index (χ1n) is 10.1. The summed E-state index contributed by atoms with van der Waals surface area (Å²) in [6.45, 7) is 3.34. The number of carbonyl (C=O) groups excluding carboxylic acids is 1. The summed E-state index contributed by atoms with van der Waals surface area (Å²) >= 11 is 0. The first kappa shape index (κ1) is 18.6. The van der Waals surface area contributed by atoms with E-state index in [4.69, 9.17) is 10.7 Å². The van der Waals surface area contributed by atoms with Gasteiger partial charge in [-0.25, -0.2) is 9.67 Å². The molecule has 0 saturated heterocycles. The van der Waals surface area contributed by atoms with Gasteiger partial charge in [0.1, 0.15) is 0 Å². The molecule has 3 aromatic rings. The Hall–Kier alpha value is -2.73. The molecule has 6 nitrogen and oxygen atoms in total. The van der Waals surface area contributed by atoms with E-state index in [1.807, 2.05) is 48.0 Å². The summed E-state index contributed by atoms with van der Waals surface area (Å²) in [6.07, 6.45) is 6.14. The third-order valence-electron chi connectivity index (χ3n) is 5.75. The number of aryl methyl sites for hydroxylation is 1. The summed E-state index contributed by atoms with van der Waals surface area (Å²) < 4.78 is 1.84. The molecule has 28 heavy (non-hydrogen) atoms. The molecule has 2 heterocycles. The van der Waals surface area contributed by atoms with Crippen LogP contribution >= 0.6 is 0 Å². The molecule has 1 saturated carbocycles. The Bertz CT molecular complexity index is 966. The van der Waals surface area contributed by atoms with Crippen molar-refractivity contribution in [3.63, 3.8) is 0 Å². The molecule has 0 aliphatic heterocycles. The third-order valence-corrected chi connectivity index (χ3v) is 5.75. The number of rotatable bonds is 5. The Labute approximate surface area is 165 Å². The van der Waals surface area contributed by atoms with Crippen molar-refractivity contribution in [1.29, 1.82) is 0 Å². The quantitative estimate of drug-likeness (QED) is 0.714. The average molecular weight is 377 g/mol. The lowest BCUT2D eigenvalue weighted by Gasteiger charge is -2.31. The molecule has 1 aromatic carbocycles. The zero-order valence-electron chi connectivity index (χ0n) is 16.3. The number of nitrogens with one attached hydrogen (secondary N) is 1. The predicted molar refractivity (Wildman–Crippen MR) is 111 cm³/mol. The second-order valence-corrected chi connectivity index (χ2v) is 7.48. The average Bonchev–Trinajstić information content (AvgIpc) is 3.17. The molecular weight excluding hydrogens is 350 g/mol. The second kappa shape index (κ2) is 8.10. The Kier molecular flexibility index (Phi) is 5.39. The van der Waals surface area contributed by atoms with E-state index >= 15 is 0 Å². The van der Waals surface area contributed by atoms with Crippen molar-refractivity contribution in [2.24, 2.45) is 11.7 Å². The number of carbonyl (C=O) groups is 1. The number of fused-ring (bicyclic) bond motifs is 1. The standard InChI is InChI=1S/C22H27N5O/c1-2-27-21-18(14-24-27)17(12-20(25-21)15-8-4-3-5-9-15)22(28)26-19-11-7-6-10-16(19)13-23/h3-5,8-9,12,14,16,19H,2,6-7,10-11,13,23H2,1H3,(H,26,28). The zero-order chi connectivity index (χ0) is 19.5. The van der Waals surface area contributed by atoms with Gasteiger partial charge in [-0.05, 0) is 38.3 Å². The van der Waals surface area contributed by atoms with Crippen LogP contribution in [0.3, 0.4) is 0 Å². The summed E-state index contributed by atoms with van der Waals surface area (Å²) in [7, 11) is 0. The molecule has 4 rings (SSSR count). The highest BCUT2D eigenvalue weighted by molar-refractivity contribution is 6.06. The molecule has 1 fully saturated rings. The maximum atomic E-state index is 13.3. The Morgan fingerprint density at radius 2 is 2.04 bits per heavy atom. The van der Waals surface area contributed by atoms with Crippen LogP contribution < -0.4 is 11.1 Å². The van der Waals surface area contributed by atoms with Gasteiger partial charge in [-0.3, -0.25) is 4.79 Å². The zero-order valence-corrected chi connectivity index (χ0v) is 16.3. The lowest BCUT2D eigenvalue weighted by molar-refractivity contribution is 0.0909. The third kappa shape index (κ3) is 3.52. The minimum absolute atomic E-state index is 0.0643. The first-order chi connectivity index (χ1) is 13.7. The van der Waals surface area contributed by atoms with Crippen LogP contribution in [-0.4, -0.2) is 33.3 Å². The van der Waals surface area contributed by atoms with E-state index in [1.165, 1.54) is 6.42 Å². The molecule has 1 aliphatic rings. The van der Waals surface area contributed by atoms with Gasteiger partial charge in [0, 0.05) is 18.2 Å². The molecule has 0 spiro atoms. The van der Waals surface area contributed by atoms with Gasteiger partial charge in [0.15, 0.2) is 5.65 Å². The van der Waals surface area contributed by atoms with Gasteiger partial charge in [-0.2, -0.15) is 5.10 Å². The Morgan fingerprint density at radius 3 is 2.79 bits per heavy atom. The van der Waals surface area contributed by atoms with Crippen LogP contribution in [0.15, 0.2) is 42.6 Å². The molecule has 2 atom stereocenters. The van der Waals surface area contributed by atoms with Crippen molar-refractivity contribution < 1.29 is 4.79 Å². The Balaban J connectivity index is 1.74. The smallest absolute Gasteiger partial charge is 0.252 e. The van der Waals surface area contributed by atoms with Crippen LogP contribution in [0.5, 0.6) is 0 Å². The topological polar surface area (TPSA) is 85.8 Å². The molecule has 0 bridgehead atoms. The highest BCUT2D eigenvalue weighted by Crippen LogP contribution is 2.27. The highest BCUT2D eigenvalue weighted by Gasteiger charge is 2.27. The monoisotopic (exact) mass is 377 g/mol. The lowest BCUT2D eigenvalue weighted by Crippen LogP contribution is -2.44. The fourth-order valence-electron chi connectivity index (χ4n) is 4.15. The van der Waals surface area contributed by atoms with Crippen molar-refractivity contribution in [2.75, 3.05) is 6.54 Å². The molecule has 1 amide bonds. The van der Waals surface area contributed by atoms with Crippen molar-refractivity contribution in [1.82, 2.24) is 20.1 Å². The molecule has 6 heteroatoms. The Morgan fingerprint density at radius 1 is 1.25 bits per heavy atom. The number of pyridine rings is 1. The van der Waals surface area contributed by atoms with Crippen LogP contribution in [0, 0.1) is 5.92 Å². The molecule has 2 unspecified atom stereocenters. The van der Waals surface area contributed by atoms with Gasteiger partial charge in [0.25, 0.3) is 5.91 Å². The predicted octanol–water partition coefficient (Wildman–Crippen LogP) is 3.37. The van der Waals surface area contributed by atoms with E-state index in [-0.39, 0.29) is 11.9 Å². The van der Waals surface area contributed by atoms with Crippen LogP contribution in [0.1, 0.15) is 43.0 Å². The minimum Gasteiger partial charge on any atom is -0.349 e. The van der Waals surface area contributed by atoms with Crippen LogP contribution in [-0.2, 0) is 6.54 Å². The van der Waals surface area contributed by atoms with Crippen molar-refractivity contribution in [3.8, 4) is 11.3 Å². The van der Waals surface area contributed by atoms with Crippen LogP contribution in [0.25, 0.3) is 22.3 Å². The number of hydrogen-bond acceptors (Lipinski definition) is 4. The fraction of sp³-hybridized carbons (Fsp3) is 0.409. The number of hydrogen-bond donors (Lipinski definition) is 2. The molecule has 146 valence electrons.